The first-order valence-electron chi connectivity index (χ1n) is 10.5. The number of rotatable bonds is 4. The number of nitrogens with zero attached hydrogens (tertiary/aromatic N) is 3. The maximum Gasteiger partial charge on any atom is 0.132 e. The Balaban J connectivity index is 1.45. The molecular formula is C24H30N4O. The number of piperidine rings is 1. The van der Waals surface area contributed by atoms with Crippen LogP contribution in [0.1, 0.15) is 29.0 Å². The summed E-state index contributed by atoms with van der Waals surface area (Å²) in [6.45, 7) is 3.08. The summed E-state index contributed by atoms with van der Waals surface area (Å²) >= 11 is 0. The molecule has 1 aromatic carbocycles. The monoisotopic (exact) mass is 390 g/mol. The highest BCUT2D eigenvalue weighted by Gasteiger charge is 2.41. The molecule has 2 aromatic heterocycles. The number of benzene rings is 1. The molecule has 3 heterocycles. The van der Waals surface area contributed by atoms with Gasteiger partial charge >= 0.3 is 0 Å². The van der Waals surface area contributed by atoms with Crippen molar-refractivity contribution in [2.75, 3.05) is 26.0 Å². The number of hydrogen-bond donors (Lipinski definition) is 1. The third kappa shape index (κ3) is 3.13. The van der Waals surface area contributed by atoms with Crippen LogP contribution >= 0.6 is 0 Å². The Hall–Kier alpha value is -2.37. The number of fused-ring (bicyclic) bond motifs is 2. The van der Waals surface area contributed by atoms with Crippen LogP contribution in [0.4, 0.5) is 5.82 Å². The van der Waals surface area contributed by atoms with Crippen molar-refractivity contribution in [2.24, 2.45) is 13.0 Å². The summed E-state index contributed by atoms with van der Waals surface area (Å²) in [7, 11) is 6.24. The van der Waals surface area contributed by atoms with Gasteiger partial charge in [-0.1, -0.05) is 18.2 Å². The zero-order valence-electron chi connectivity index (χ0n) is 17.7. The average Bonchev–Trinajstić information content (AvgIpc) is 3.05. The van der Waals surface area contributed by atoms with Crippen molar-refractivity contribution in [3.05, 3.63) is 59.4 Å². The average molecular weight is 391 g/mol. The van der Waals surface area contributed by atoms with E-state index in [2.05, 4.69) is 71.2 Å². The lowest BCUT2D eigenvalue weighted by molar-refractivity contribution is 0.0126. The van der Waals surface area contributed by atoms with Gasteiger partial charge in [-0.3, -0.25) is 0 Å². The molecule has 2 aliphatic rings. The summed E-state index contributed by atoms with van der Waals surface area (Å²) < 4.78 is 8.20. The van der Waals surface area contributed by atoms with Crippen LogP contribution in [-0.4, -0.2) is 47.4 Å². The van der Waals surface area contributed by atoms with E-state index in [1.54, 1.807) is 7.11 Å². The van der Waals surface area contributed by atoms with Gasteiger partial charge in [0.25, 0.3) is 0 Å². The molecule has 5 heteroatoms. The van der Waals surface area contributed by atoms with Gasteiger partial charge in [-0.15, -0.1) is 0 Å². The predicted molar refractivity (Wildman–Crippen MR) is 117 cm³/mol. The van der Waals surface area contributed by atoms with Crippen molar-refractivity contribution in [1.82, 2.24) is 14.5 Å². The van der Waals surface area contributed by atoms with E-state index in [4.69, 9.17) is 4.74 Å². The molecule has 29 heavy (non-hydrogen) atoms. The fourth-order valence-electron chi connectivity index (χ4n) is 5.55. The SMILES string of the molecule is COC(Nc1ccc(C)cn1)[C@@H]1CC2c3cccc4c3c(cn4C)C[C@H]2N(C)C1. The molecule has 3 aromatic rings. The number of ether oxygens (including phenoxy) is 1. The Morgan fingerprint density at radius 2 is 2.07 bits per heavy atom. The van der Waals surface area contributed by atoms with Crippen molar-refractivity contribution >= 4 is 16.7 Å². The van der Waals surface area contributed by atoms with Crippen LogP contribution in [0, 0.1) is 12.8 Å². The van der Waals surface area contributed by atoms with Crippen LogP contribution in [0.2, 0.25) is 0 Å². The molecule has 0 saturated carbocycles. The lowest BCUT2D eigenvalue weighted by atomic mass is 9.72. The number of likely N-dealkylation sites (N-methyl/N-ethyl adjacent to an activating group) is 1. The van der Waals surface area contributed by atoms with Gasteiger partial charge < -0.3 is 19.5 Å². The molecule has 0 spiro atoms. The van der Waals surface area contributed by atoms with Gasteiger partial charge in [-0.25, -0.2) is 4.98 Å². The third-order valence-electron chi connectivity index (χ3n) is 6.95. The molecule has 4 atom stereocenters. The number of nitrogens with one attached hydrogen (secondary N) is 1. The minimum Gasteiger partial charge on any atom is -0.361 e. The Kier molecular flexibility index (Phi) is 4.60. The Labute approximate surface area is 172 Å². The van der Waals surface area contributed by atoms with Crippen LogP contribution in [-0.2, 0) is 18.2 Å². The standard InChI is InChI=1S/C24H30N4O/c1-15-8-9-22(25-12-15)26-24(29-4)17-10-19-18-6-5-7-20-23(18)16(13-27(20)2)11-21(19)28(3)14-17/h5-9,12-13,17,19,21,24H,10-11,14H2,1-4H3,(H,25,26)/t17-,19?,21-,24?/m1/s1. The molecule has 0 amide bonds. The number of methoxy groups -OCH3 is 1. The lowest BCUT2D eigenvalue weighted by Crippen LogP contribution is -2.51. The first kappa shape index (κ1) is 18.6. The summed E-state index contributed by atoms with van der Waals surface area (Å²) in [4.78, 5) is 7.06. The summed E-state index contributed by atoms with van der Waals surface area (Å²) in [5.74, 6) is 1.81. The van der Waals surface area contributed by atoms with Gasteiger partial charge in [0.1, 0.15) is 12.0 Å². The maximum absolute atomic E-state index is 5.92. The molecule has 5 rings (SSSR count). The normalized spacial score (nSPS) is 25.0. The molecule has 1 N–H and O–H groups in total. The highest BCUT2D eigenvalue weighted by molar-refractivity contribution is 5.89. The molecule has 1 fully saturated rings. The fourth-order valence-corrected chi connectivity index (χ4v) is 5.55. The van der Waals surface area contributed by atoms with Crippen molar-refractivity contribution in [2.45, 2.75) is 38.0 Å². The van der Waals surface area contributed by atoms with Gasteiger partial charge in [0, 0.05) is 61.9 Å². The summed E-state index contributed by atoms with van der Waals surface area (Å²) in [6, 6.07) is 11.5. The molecule has 2 unspecified atom stereocenters. The van der Waals surface area contributed by atoms with E-state index in [9.17, 15) is 0 Å². The van der Waals surface area contributed by atoms with Crippen molar-refractivity contribution in [1.29, 1.82) is 0 Å². The van der Waals surface area contributed by atoms with E-state index < -0.39 is 0 Å². The van der Waals surface area contributed by atoms with Crippen LogP contribution in [0.5, 0.6) is 0 Å². The third-order valence-corrected chi connectivity index (χ3v) is 6.95. The molecule has 152 valence electrons. The van der Waals surface area contributed by atoms with E-state index in [-0.39, 0.29) is 6.23 Å². The van der Waals surface area contributed by atoms with Gasteiger partial charge in [0.05, 0.1) is 0 Å². The number of anilines is 1. The Morgan fingerprint density at radius 3 is 2.83 bits per heavy atom. The minimum absolute atomic E-state index is 0.0509. The molecule has 0 radical (unpaired) electrons. The number of pyridine rings is 1. The van der Waals surface area contributed by atoms with Gasteiger partial charge in [0.2, 0.25) is 0 Å². The van der Waals surface area contributed by atoms with Gasteiger partial charge in [0.15, 0.2) is 0 Å². The number of aryl methyl sites for hydroxylation is 2. The number of likely N-dealkylation sites (tertiary alicyclic amines) is 1. The van der Waals surface area contributed by atoms with Crippen molar-refractivity contribution in [3.8, 4) is 0 Å². The first-order valence-corrected chi connectivity index (χ1v) is 10.5. The second-order valence-corrected chi connectivity index (χ2v) is 8.84. The summed E-state index contributed by atoms with van der Waals surface area (Å²) in [5.41, 5.74) is 5.52. The second kappa shape index (κ2) is 7.15. The quantitative estimate of drug-likeness (QED) is 0.686. The van der Waals surface area contributed by atoms with Crippen LogP contribution in [0.15, 0.2) is 42.7 Å². The molecule has 0 bridgehead atoms. The maximum atomic E-state index is 5.92. The largest absolute Gasteiger partial charge is 0.361 e. The van der Waals surface area contributed by atoms with Crippen LogP contribution in [0.25, 0.3) is 10.9 Å². The lowest BCUT2D eigenvalue weighted by Gasteiger charge is -2.47. The zero-order chi connectivity index (χ0) is 20.1. The van der Waals surface area contributed by atoms with E-state index in [0.29, 0.717) is 17.9 Å². The van der Waals surface area contributed by atoms with E-state index in [1.165, 1.54) is 27.6 Å². The van der Waals surface area contributed by atoms with E-state index in [0.717, 1.165) is 25.2 Å². The molecule has 1 aliphatic carbocycles. The fraction of sp³-hybridized carbons (Fsp3) is 0.458. The molecule has 5 nitrogen and oxygen atoms in total. The Morgan fingerprint density at radius 1 is 1.21 bits per heavy atom. The highest BCUT2D eigenvalue weighted by Crippen LogP contribution is 2.45. The van der Waals surface area contributed by atoms with Crippen molar-refractivity contribution < 1.29 is 4.74 Å². The van der Waals surface area contributed by atoms with Gasteiger partial charge in [-0.05, 0) is 55.6 Å². The zero-order valence-corrected chi connectivity index (χ0v) is 17.7. The number of aromatic nitrogens is 2. The summed E-state index contributed by atoms with van der Waals surface area (Å²) in [5, 5.41) is 5.00. The van der Waals surface area contributed by atoms with Crippen LogP contribution < -0.4 is 5.32 Å². The second-order valence-electron chi connectivity index (χ2n) is 8.84. The van der Waals surface area contributed by atoms with Crippen LogP contribution in [0.3, 0.4) is 0 Å². The molecule has 1 saturated heterocycles. The first-order chi connectivity index (χ1) is 14.0. The molecular weight excluding hydrogens is 360 g/mol. The van der Waals surface area contributed by atoms with E-state index >= 15 is 0 Å². The highest BCUT2D eigenvalue weighted by atomic mass is 16.5. The number of hydrogen-bond acceptors (Lipinski definition) is 4. The van der Waals surface area contributed by atoms with Crippen molar-refractivity contribution in [3.63, 3.8) is 0 Å². The topological polar surface area (TPSA) is 42.3 Å². The molecule has 1 aliphatic heterocycles. The van der Waals surface area contributed by atoms with E-state index in [1.807, 2.05) is 12.3 Å². The smallest absolute Gasteiger partial charge is 0.132 e. The summed E-state index contributed by atoms with van der Waals surface area (Å²) in [6.07, 6.45) is 6.43. The Bertz CT molecular complexity index is 1030. The van der Waals surface area contributed by atoms with Gasteiger partial charge in [-0.2, -0.15) is 0 Å². The predicted octanol–water partition coefficient (Wildman–Crippen LogP) is 3.93. The minimum atomic E-state index is -0.0509.